The van der Waals surface area contributed by atoms with E-state index in [1.807, 2.05) is 5.38 Å². The molecule has 0 unspecified atom stereocenters. The Balaban J connectivity index is 1.63. The summed E-state index contributed by atoms with van der Waals surface area (Å²) in [5, 5.41) is 11.7. The molecule has 0 amide bonds. The second-order valence-electron chi connectivity index (χ2n) is 5.06. The van der Waals surface area contributed by atoms with Gasteiger partial charge in [0.1, 0.15) is 17.4 Å². The Morgan fingerprint density at radius 3 is 2.64 bits per heavy atom. The van der Waals surface area contributed by atoms with Gasteiger partial charge in [-0.3, -0.25) is 0 Å². The fraction of sp³-hybridized carbons (Fsp3) is 0.357. The van der Waals surface area contributed by atoms with Crippen molar-refractivity contribution in [3.8, 4) is 5.75 Å². The van der Waals surface area contributed by atoms with Crippen molar-refractivity contribution in [2.24, 2.45) is 5.92 Å². The first kappa shape index (κ1) is 15.4. The van der Waals surface area contributed by atoms with E-state index >= 15 is 0 Å². The largest absolute Gasteiger partial charge is 0.486 e. The molecule has 3 rings (SSSR count). The number of sulfonamides is 1. The SMILES string of the molecule is O=S(=O)(c1ccc(OCc2nccs2)cc1)N1CC(CO)C1. The minimum atomic E-state index is -3.46. The molecule has 6 nitrogen and oxygen atoms in total. The summed E-state index contributed by atoms with van der Waals surface area (Å²) in [7, 11) is -3.46. The summed E-state index contributed by atoms with van der Waals surface area (Å²) in [6.45, 7) is 1.14. The first-order valence-corrected chi connectivity index (χ1v) is 9.14. The highest BCUT2D eigenvalue weighted by molar-refractivity contribution is 7.89. The molecule has 0 saturated carbocycles. The molecule has 1 aliphatic heterocycles. The van der Waals surface area contributed by atoms with Crippen molar-refractivity contribution in [2.75, 3.05) is 19.7 Å². The lowest BCUT2D eigenvalue weighted by molar-refractivity contribution is 0.117. The van der Waals surface area contributed by atoms with E-state index in [-0.39, 0.29) is 17.4 Å². The Kier molecular flexibility index (Phi) is 4.44. The van der Waals surface area contributed by atoms with Crippen LogP contribution in [0.25, 0.3) is 0 Å². The number of aliphatic hydroxyl groups excluding tert-OH is 1. The van der Waals surface area contributed by atoms with Gasteiger partial charge in [-0.25, -0.2) is 13.4 Å². The van der Waals surface area contributed by atoms with Gasteiger partial charge in [-0.15, -0.1) is 11.3 Å². The van der Waals surface area contributed by atoms with Gasteiger partial charge in [-0.1, -0.05) is 0 Å². The van der Waals surface area contributed by atoms with Crippen molar-refractivity contribution in [3.05, 3.63) is 40.8 Å². The van der Waals surface area contributed by atoms with Gasteiger partial charge in [-0.05, 0) is 24.3 Å². The van der Waals surface area contributed by atoms with E-state index < -0.39 is 10.0 Å². The van der Waals surface area contributed by atoms with Crippen LogP contribution >= 0.6 is 11.3 Å². The smallest absolute Gasteiger partial charge is 0.243 e. The second-order valence-corrected chi connectivity index (χ2v) is 7.97. The molecule has 0 bridgehead atoms. The second kappa shape index (κ2) is 6.33. The van der Waals surface area contributed by atoms with E-state index in [1.54, 1.807) is 30.5 Å². The average Bonchev–Trinajstić information content (AvgIpc) is 2.97. The summed E-state index contributed by atoms with van der Waals surface area (Å²) >= 11 is 1.51. The normalized spacial score (nSPS) is 16.4. The number of rotatable bonds is 6. The first-order valence-electron chi connectivity index (χ1n) is 6.82. The molecule has 22 heavy (non-hydrogen) atoms. The van der Waals surface area contributed by atoms with Gasteiger partial charge in [0.2, 0.25) is 10.0 Å². The molecule has 1 N–H and O–H groups in total. The molecule has 1 aliphatic rings. The van der Waals surface area contributed by atoms with Crippen LogP contribution in [0.15, 0.2) is 40.7 Å². The molecule has 1 aromatic heterocycles. The van der Waals surface area contributed by atoms with Crippen LogP contribution in [0.1, 0.15) is 5.01 Å². The Morgan fingerprint density at radius 1 is 1.32 bits per heavy atom. The van der Waals surface area contributed by atoms with Crippen molar-refractivity contribution < 1.29 is 18.3 Å². The fourth-order valence-electron chi connectivity index (χ4n) is 2.16. The van der Waals surface area contributed by atoms with E-state index in [1.165, 1.54) is 15.6 Å². The number of ether oxygens (including phenoxy) is 1. The van der Waals surface area contributed by atoms with E-state index in [9.17, 15) is 8.42 Å². The highest BCUT2D eigenvalue weighted by Crippen LogP contribution is 2.26. The summed E-state index contributed by atoms with van der Waals surface area (Å²) < 4.78 is 31.6. The number of benzene rings is 1. The summed E-state index contributed by atoms with van der Waals surface area (Å²) in [6.07, 6.45) is 1.71. The zero-order valence-corrected chi connectivity index (χ0v) is 13.4. The molecule has 1 saturated heterocycles. The quantitative estimate of drug-likeness (QED) is 0.858. The van der Waals surface area contributed by atoms with Crippen LogP contribution in [0.4, 0.5) is 0 Å². The number of nitrogens with zero attached hydrogens (tertiary/aromatic N) is 2. The Hall–Kier alpha value is -1.48. The summed E-state index contributed by atoms with van der Waals surface area (Å²) in [4.78, 5) is 4.36. The van der Waals surface area contributed by atoms with Gasteiger partial charge in [-0.2, -0.15) is 4.31 Å². The average molecular weight is 340 g/mol. The van der Waals surface area contributed by atoms with Gasteiger partial charge < -0.3 is 9.84 Å². The Bertz CT molecular complexity index is 708. The van der Waals surface area contributed by atoms with Crippen LogP contribution < -0.4 is 4.74 Å². The van der Waals surface area contributed by atoms with Crippen LogP contribution in [-0.4, -0.2) is 42.5 Å². The van der Waals surface area contributed by atoms with Crippen LogP contribution in [-0.2, 0) is 16.6 Å². The van der Waals surface area contributed by atoms with Crippen molar-refractivity contribution in [1.82, 2.24) is 9.29 Å². The van der Waals surface area contributed by atoms with Gasteiger partial charge in [0.05, 0.1) is 4.90 Å². The number of hydrogen-bond donors (Lipinski definition) is 1. The van der Waals surface area contributed by atoms with Crippen LogP contribution in [0.3, 0.4) is 0 Å². The van der Waals surface area contributed by atoms with E-state index in [2.05, 4.69) is 4.98 Å². The molecule has 2 aromatic rings. The fourth-order valence-corrected chi connectivity index (χ4v) is 4.28. The molecule has 0 atom stereocenters. The molecular weight excluding hydrogens is 324 g/mol. The van der Waals surface area contributed by atoms with Crippen LogP contribution in [0, 0.1) is 5.92 Å². The number of aromatic nitrogens is 1. The molecule has 2 heterocycles. The third-order valence-corrected chi connectivity index (χ3v) is 6.09. The highest BCUT2D eigenvalue weighted by atomic mass is 32.2. The summed E-state index contributed by atoms with van der Waals surface area (Å²) in [5.74, 6) is 0.654. The van der Waals surface area contributed by atoms with Gasteiger partial charge in [0, 0.05) is 37.2 Å². The number of thiazole rings is 1. The minimum absolute atomic E-state index is 0.0234. The number of hydrogen-bond acceptors (Lipinski definition) is 6. The van der Waals surface area contributed by atoms with E-state index in [0.29, 0.717) is 25.4 Å². The predicted molar refractivity (Wildman–Crippen MR) is 82.2 cm³/mol. The van der Waals surface area contributed by atoms with Crippen LogP contribution in [0.2, 0.25) is 0 Å². The highest BCUT2D eigenvalue weighted by Gasteiger charge is 2.36. The molecule has 118 valence electrons. The molecule has 0 spiro atoms. The van der Waals surface area contributed by atoms with E-state index in [4.69, 9.17) is 9.84 Å². The Morgan fingerprint density at radius 2 is 2.05 bits per heavy atom. The monoisotopic (exact) mass is 340 g/mol. The summed E-state index contributed by atoms with van der Waals surface area (Å²) in [6, 6.07) is 6.37. The Labute approximate surface area is 133 Å². The van der Waals surface area contributed by atoms with Gasteiger partial charge in [0.15, 0.2) is 0 Å². The third kappa shape index (κ3) is 3.14. The molecule has 0 aliphatic carbocycles. The van der Waals surface area contributed by atoms with Gasteiger partial charge >= 0.3 is 0 Å². The van der Waals surface area contributed by atoms with Crippen LogP contribution in [0.5, 0.6) is 5.75 Å². The minimum Gasteiger partial charge on any atom is -0.486 e. The lowest BCUT2D eigenvalue weighted by Gasteiger charge is -2.36. The molecule has 8 heteroatoms. The number of aliphatic hydroxyl groups is 1. The standard InChI is InChI=1S/C14H16N2O4S2/c17-9-11-7-16(8-11)22(18,19)13-3-1-12(2-4-13)20-10-14-15-5-6-21-14/h1-6,11,17H,7-10H2. The van der Waals surface area contributed by atoms with Gasteiger partial charge in [0.25, 0.3) is 0 Å². The van der Waals surface area contributed by atoms with Crippen molar-refractivity contribution >= 4 is 21.4 Å². The van der Waals surface area contributed by atoms with E-state index in [0.717, 1.165) is 5.01 Å². The maximum absolute atomic E-state index is 12.3. The molecule has 0 radical (unpaired) electrons. The van der Waals surface area contributed by atoms with Crippen molar-refractivity contribution in [3.63, 3.8) is 0 Å². The zero-order valence-electron chi connectivity index (χ0n) is 11.8. The molecule has 1 fully saturated rings. The zero-order chi connectivity index (χ0) is 15.6. The maximum Gasteiger partial charge on any atom is 0.243 e. The van der Waals surface area contributed by atoms with Crippen molar-refractivity contribution in [1.29, 1.82) is 0 Å². The maximum atomic E-state index is 12.3. The lowest BCUT2D eigenvalue weighted by Crippen LogP contribution is -2.51. The molecule has 1 aromatic carbocycles. The third-order valence-electron chi connectivity index (χ3n) is 3.49. The van der Waals surface area contributed by atoms with Crippen molar-refractivity contribution in [2.45, 2.75) is 11.5 Å². The lowest BCUT2D eigenvalue weighted by atomic mass is 10.1. The first-order chi connectivity index (χ1) is 10.6. The topological polar surface area (TPSA) is 79.7 Å². The predicted octanol–water partition coefficient (Wildman–Crippen LogP) is 1.33. The summed E-state index contributed by atoms with van der Waals surface area (Å²) in [5.41, 5.74) is 0. The molecular formula is C14H16N2O4S2.